The van der Waals surface area contributed by atoms with E-state index in [0.29, 0.717) is 17.9 Å². The SMILES string of the molecule is C=C(CC(C[Si]([Si](C)(C)C)([Si](C)(C)C)[Si](C)(C)C)c1ccccc1)C(=O)OC. The molecule has 1 rings (SSSR count). The van der Waals surface area contributed by atoms with Crippen molar-refractivity contribution in [2.75, 3.05) is 7.11 Å². The molecule has 1 atom stereocenters. The van der Waals surface area contributed by atoms with Crippen LogP contribution in [-0.2, 0) is 9.53 Å². The van der Waals surface area contributed by atoms with Gasteiger partial charge in [0.15, 0.2) is 0 Å². The Balaban J connectivity index is 3.58. The number of benzene rings is 1. The Bertz CT molecular complexity index is 643. The zero-order valence-electron chi connectivity index (χ0n) is 19.9. The van der Waals surface area contributed by atoms with Crippen LogP contribution >= 0.6 is 0 Å². The molecule has 1 unspecified atom stereocenters. The van der Waals surface area contributed by atoms with Gasteiger partial charge in [0.2, 0.25) is 0 Å². The fourth-order valence-electron chi connectivity index (χ4n) is 6.22. The molecule has 0 aliphatic heterocycles. The van der Waals surface area contributed by atoms with Crippen LogP contribution in [0.4, 0.5) is 0 Å². The lowest BCUT2D eigenvalue weighted by Gasteiger charge is -2.59. The summed E-state index contributed by atoms with van der Waals surface area (Å²) >= 11 is 0. The Kier molecular flexibility index (Phi) is 8.12. The monoisotopic (exact) mass is 450 g/mol. The van der Waals surface area contributed by atoms with Crippen LogP contribution in [0.15, 0.2) is 42.5 Å². The van der Waals surface area contributed by atoms with Gasteiger partial charge in [-0.05, 0) is 17.9 Å². The number of hydrogen-bond donors (Lipinski definition) is 0. The molecule has 1 aromatic carbocycles. The second kappa shape index (κ2) is 8.98. The predicted octanol–water partition coefficient (Wildman–Crippen LogP) is 6.59. The molecule has 0 radical (unpaired) electrons. The molecule has 0 N–H and O–H groups in total. The minimum atomic E-state index is -1.53. The molecule has 0 amide bonds. The molecule has 6 heteroatoms. The molecular formula is C22H42O2Si4. The van der Waals surface area contributed by atoms with E-state index in [1.54, 1.807) is 0 Å². The topological polar surface area (TPSA) is 26.3 Å². The second-order valence-corrected chi connectivity index (χ2v) is 52.7. The molecule has 0 aromatic heterocycles. The summed E-state index contributed by atoms with van der Waals surface area (Å²) in [6, 6.07) is 12.1. The summed E-state index contributed by atoms with van der Waals surface area (Å²) in [6.45, 7) is 26.2. The summed E-state index contributed by atoms with van der Waals surface area (Å²) in [4.78, 5) is 12.2. The summed E-state index contributed by atoms with van der Waals surface area (Å²) in [6.07, 6.45) is 0.713. The molecule has 0 heterocycles. The van der Waals surface area contributed by atoms with Crippen molar-refractivity contribution in [3.05, 3.63) is 48.0 Å². The number of methoxy groups -OCH3 is 1. The van der Waals surface area contributed by atoms with E-state index in [0.717, 1.165) is 0 Å². The average Bonchev–Trinajstić information content (AvgIpc) is 2.54. The largest absolute Gasteiger partial charge is 0.466 e. The first-order valence-electron chi connectivity index (χ1n) is 10.4. The molecule has 0 bridgehead atoms. The molecule has 2 nitrogen and oxygen atoms in total. The highest BCUT2D eigenvalue weighted by molar-refractivity contribution is 7.89. The Morgan fingerprint density at radius 1 is 0.893 bits per heavy atom. The number of hydrogen-bond acceptors (Lipinski definition) is 2. The third-order valence-corrected chi connectivity index (χ3v) is 80.8. The van der Waals surface area contributed by atoms with Gasteiger partial charge in [0.1, 0.15) is 0 Å². The third-order valence-electron chi connectivity index (χ3n) is 6.63. The summed E-state index contributed by atoms with van der Waals surface area (Å²) in [7, 11) is -2.67. The van der Waals surface area contributed by atoms with Crippen LogP contribution in [0.3, 0.4) is 0 Å². The molecule has 1 aromatic rings. The van der Waals surface area contributed by atoms with Crippen molar-refractivity contribution in [1.29, 1.82) is 0 Å². The van der Waals surface area contributed by atoms with Gasteiger partial charge in [-0.2, -0.15) is 0 Å². The molecular weight excluding hydrogens is 409 g/mol. The van der Waals surface area contributed by atoms with Crippen molar-refractivity contribution in [2.45, 2.75) is 77.3 Å². The fraction of sp³-hybridized carbons (Fsp3) is 0.591. The zero-order valence-corrected chi connectivity index (χ0v) is 23.9. The zero-order chi connectivity index (χ0) is 22.0. The fourth-order valence-corrected chi connectivity index (χ4v) is 105. The third kappa shape index (κ3) is 5.26. The lowest BCUT2D eigenvalue weighted by Crippen LogP contribution is -2.82. The van der Waals surface area contributed by atoms with E-state index in [1.807, 2.05) is 0 Å². The van der Waals surface area contributed by atoms with Gasteiger partial charge in [-0.1, -0.05) is 102 Å². The lowest BCUT2D eigenvalue weighted by atomic mass is 9.94. The van der Waals surface area contributed by atoms with Crippen LogP contribution in [0.25, 0.3) is 0 Å². The molecule has 0 saturated heterocycles. The van der Waals surface area contributed by atoms with Crippen molar-refractivity contribution >= 4 is 35.4 Å². The van der Waals surface area contributed by atoms with Gasteiger partial charge in [0.05, 0.1) is 7.11 Å². The van der Waals surface area contributed by atoms with Gasteiger partial charge in [0.25, 0.3) is 0 Å². The molecule has 0 saturated carbocycles. The molecule has 28 heavy (non-hydrogen) atoms. The highest BCUT2D eigenvalue weighted by Gasteiger charge is 2.61. The average molecular weight is 451 g/mol. The van der Waals surface area contributed by atoms with Crippen molar-refractivity contribution in [3.8, 4) is 0 Å². The van der Waals surface area contributed by atoms with Crippen LogP contribution < -0.4 is 0 Å². The van der Waals surface area contributed by atoms with Crippen LogP contribution in [0.1, 0.15) is 17.9 Å². The minimum absolute atomic E-state index is 0.262. The van der Waals surface area contributed by atoms with Gasteiger partial charge in [-0.15, -0.1) is 0 Å². The smallest absolute Gasteiger partial charge is 0.333 e. The van der Waals surface area contributed by atoms with Crippen molar-refractivity contribution < 1.29 is 9.53 Å². The molecule has 0 spiro atoms. The summed E-state index contributed by atoms with van der Waals surface area (Å²) in [5.41, 5.74) is 1.97. The van der Waals surface area contributed by atoms with Crippen molar-refractivity contribution in [3.63, 3.8) is 0 Å². The van der Waals surface area contributed by atoms with Gasteiger partial charge in [-0.25, -0.2) is 4.79 Å². The standard InChI is InChI=1S/C22H42O2Si4/c1-19(22(23)24-2)17-21(20-15-13-12-14-16-20)18-28(25(3,4)5,26(6,7)8)27(9,10)11/h12-16,21H,1,17-18H2,2-11H3. The van der Waals surface area contributed by atoms with E-state index in [-0.39, 0.29) is 5.97 Å². The van der Waals surface area contributed by atoms with Crippen LogP contribution in [0, 0.1) is 0 Å². The van der Waals surface area contributed by atoms with Crippen LogP contribution in [0.5, 0.6) is 0 Å². The van der Waals surface area contributed by atoms with Crippen molar-refractivity contribution in [1.82, 2.24) is 0 Å². The number of esters is 1. The maximum absolute atomic E-state index is 12.2. The minimum Gasteiger partial charge on any atom is -0.466 e. The molecule has 0 fully saturated rings. The molecule has 158 valence electrons. The van der Waals surface area contributed by atoms with E-state index < -0.39 is 29.4 Å². The Hall–Kier alpha value is -0.702. The summed E-state index contributed by atoms with van der Waals surface area (Å²) < 4.78 is 4.98. The van der Waals surface area contributed by atoms with Gasteiger partial charge in [-0.3, -0.25) is 0 Å². The summed E-state index contributed by atoms with van der Waals surface area (Å²) in [5, 5.41) is 0. The Morgan fingerprint density at radius 2 is 1.32 bits per heavy atom. The van der Waals surface area contributed by atoms with E-state index in [1.165, 1.54) is 18.7 Å². The van der Waals surface area contributed by atoms with Crippen LogP contribution in [-0.4, -0.2) is 42.5 Å². The first kappa shape index (κ1) is 25.3. The second-order valence-electron chi connectivity index (χ2n) is 11.3. The lowest BCUT2D eigenvalue weighted by molar-refractivity contribution is -0.136. The number of carbonyl (C=O) groups is 1. The highest BCUT2D eigenvalue weighted by Crippen LogP contribution is 2.45. The first-order valence-corrected chi connectivity index (χ1v) is 26.1. The highest BCUT2D eigenvalue weighted by atomic mass is 29.9. The first-order chi connectivity index (χ1) is 12.6. The number of rotatable bonds is 9. The summed E-state index contributed by atoms with van der Waals surface area (Å²) in [5.74, 6) is 0.104. The number of ether oxygens (including phenoxy) is 1. The Labute approximate surface area is 177 Å². The predicted molar refractivity (Wildman–Crippen MR) is 136 cm³/mol. The van der Waals surface area contributed by atoms with Gasteiger partial charge in [0, 0.05) is 35.0 Å². The molecule has 0 aliphatic rings. The quantitative estimate of drug-likeness (QED) is 0.241. The maximum Gasteiger partial charge on any atom is 0.333 e. The molecule has 0 aliphatic carbocycles. The number of carbonyl (C=O) groups excluding carboxylic acids is 1. The van der Waals surface area contributed by atoms with E-state index >= 15 is 0 Å². The van der Waals surface area contributed by atoms with Crippen molar-refractivity contribution in [2.24, 2.45) is 0 Å². The van der Waals surface area contributed by atoms with E-state index in [2.05, 4.69) is 95.8 Å². The van der Waals surface area contributed by atoms with E-state index in [9.17, 15) is 4.79 Å². The normalized spacial score (nSPS) is 14.5. The van der Waals surface area contributed by atoms with E-state index in [4.69, 9.17) is 4.74 Å². The Morgan fingerprint density at radius 3 is 1.68 bits per heavy atom. The van der Waals surface area contributed by atoms with Gasteiger partial charge >= 0.3 is 5.97 Å². The van der Waals surface area contributed by atoms with Crippen LogP contribution in [0.2, 0.25) is 65.0 Å². The van der Waals surface area contributed by atoms with Gasteiger partial charge < -0.3 is 4.74 Å². The maximum atomic E-state index is 12.2.